The number of nitrogens with zero attached hydrogens (tertiary/aromatic N) is 2. The van der Waals surface area contributed by atoms with Crippen molar-refractivity contribution in [3.05, 3.63) is 53.3 Å². The minimum atomic E-state index is 0.239. The van der Waals surface area contributed by atoms with E-state index in [1.54, 1.807) is 19.3 Å². The molecule has 0 N–H and O–H groups in total. The van der Waals surface area contributed by atoms with Gasteiger partial charge in [0.1, 0.15) is 5.78 Å². The molecule has 1 heterocycles. The lowest BCUT2D eigenvalue weighted by molar-refractivity contribution is -0.117. The van der Waals surface area contributed by atoms with Crippen LogP contribution >= 0.6 is 0 Å². The zero-order valence-corrected chi connectivity index (χ0v) is 15.1. The molecule has 2 aromatic rings. The summed E-state index contributed by atoms with van der Waals surface area (Å²) in [5, 5.41) is 0. The van der Waals surface area contributed by atoms with Gasteiger partial charge in [-0.1, -0.05) is 37.8 Å². The molecular formula is C21H24N2O2. The van der Waals surface area contributed by atoms with Gasteiger partial charge in [0.15, 0.2) is 0 Å². The molecule has 0 fully saturated rings. The molecule has 0 saturated heterocycles. The summed E-state index contributed by atoms with van der Waals surface area (Å²) in [4.78, 5) is 19.4. The molecular weight excluding hydrogens is 312 g/mol. The summed E-state index contributed by atoms with van der Waals surface area (Å²) in [7, 11) is 0. The molecule has 0 spiro atoms. The van der Waals surface area contributed by atoms with Crippen LogP contribution in [-0.4, -0.2) is 22.4 Å². The smallest absolute Gasteiger partial charge is 0.316 e. The molecule has 25 heavy (non-hydrogen) atoms. The number of rotatable bonds is 7. The Labute approximate surface area is 149 Å². The molecule has 0 aliphatic carbocycles. The van der Waals surface area contributed by atoms with E-state index in [0.29, 0.717) is 25.0 Å². The SMILES string of the molecule is CCCOc1ncc(C#Cc2ccc(CC(C)CC(C)=O)cc2)cn1. The van der Waals surface area contributed by atoms with Crippen molar-refractivity contribution in [2.24, 2.45) is 5.92 Å². The normalized spacial score (nSPS) is 11.3. The molecule has 1 aromatic heterocycles. The average molecular weight is 336 g/mol. The van der Waals surface area contributed by atoms with E-state index in [0.717, 1.165) is 24.0 Å². The van der Waals surface area contributed by atoms with E-state index < -0.39 is 0 Å². The third-order valence-electron chi connectivity index (χ3n) is 3.59. The van der Waals surface area contributed by atoms with Crippen LogP contribution in [0.4, 0.5) is 0 Å². The van der Waals surface area contributed by atoms with Gasteiger partial charge < -0.3 is 9.53 Å². The highest BCUT2D eigenvalue weighted by molar-refractivity contribution is 5.75. The van der Waals surface area contributed by atoms with E-state index in [1.165, 1.54) is 5.56 Å². The number of benzene rings is 1. The van der Waals surface area contributed by atoms with Crippen LogP contribution in [0, 0.1) is 17.8 Å². The maximum absolute atomic E-state index is 11.2. The van der Waals surface area contributed by atoms with Crippen molar-refractivity contribution >= 4 is 5.78 Å². The summed E-state index contributed by atoms with van der Waals surface area (Å²) < 4.78 is 5.35. The molecule has 0 amide bonds. The van der Waals surface area contributed by atoms with Gasteiger partial charge in [0.2, 0.25) is 0 Å². The summed E-state index contributed by atoms with van der Waals surface area (Å²) in [5.74, 6) is 6.77. The highest BCUT2D eigenvalue weighted by Gasteiger charge is 2.06. The standard InChI is InChI=1S/C21H24N2O2/c1-4-11-25-21-22-14-20(15-23-21)10-7-18-5-8-19(9-6-18)13-16(2)12-17(3)24/h5-6,8-9,14-16H,4,11-13H2,1-3H3. The molecule has 1 aromatic carbocycles. The monoisotopic (exact) mass is 336 g/mol. The lowest BCUT2D eigenvalue weighted by atomic mass is 9.96. The lowest BCUT2D eigenvalue weighted by Crippen LogP contribution is -2.04. The van der Waals surface area contributed by atoms with Crippen molar-refractivity contribution in [3.63, 3.8) is 0 Å². The van der Waals surface area contributed by atoms with Crippen molar-refractivity contribution in [1.29, 1.82) is 0 Å². The quantitative estimate of drug-likeness (QED) is 0.721. The predicted octanol–water partition coefficient (Wildman–Crippen LogP) is 3.82. The van der Waals surface area contributed by atoms with Gasteiger partial charge in [0, 0.05) is 24.4 Å². The number of hydrogen-bond acceptors (Lipinski definition) is 4. The van der Waals surface area contributed by atoms with Gasteiger partial charge in [0.25, 0.3) is 0 Å². The third kappa shape index (κ3) is 6.76. The maximum atomic E-state index is 11.2. The first-order valence-electron chi connectivity index (χ1n) is 8.62. The first-order chi connectivity index (χ1) is 12.1. The number of ether oxygens (including phenoxy) is 1. The van der Waals surface area contributed by atoms with Crippen molar-refractivity contribution in [2.45, 2.75) is 40.0 Å². The molecule has 2 rings (SSSR count). The number of hydrogen-bond donors (Lipinski definition) is 0. The Bertz CT molecular complexity index is 740. The van der Waals surface area contributed by atoms with Crippen LogP contribution in [0.25, 0.3) is 0 Å². The number of Topliss-reactive ketones (excluding diaryl/α,β-unsaturated/α-hetero) is 1. The molecule has 1 atom stereocenters. The number of aromatic nitrogens is 2. The van der Waals surface area contributed by atoms with Gasteiger partial charge in [-0.2, -0.15) is 0 Å². The van der Waals surface area contributed by atoms with Crippen molar-refractivity contribution < 1.29 is 9.53 Å². The van der Waals surface area contributed by atoms with Crippen molar-refractivity contribution in [3.8, 4) is 17.9 Å². The van der Waals surface area contributed by atoms with Crippen LogP contribution in [0.5, 0.6) is 6.01 Å². The molecule has 0 radical (unpaired) electrons. The Hall–Kier alpha value is -2.67. The van der Waals surface area contributed by atoms with Crippen molar-refractivity contribution in [2.75, 3.05) is 6.61 Å². The van der Waals surface area contributed by atoms with Gasteiger partial charge in [0.05, 0.1) is 12.2 Å². The van der Waals surface area contributed by atoms with E-state index in [1.807, 2.05) is 19.1 Å². The molecule has 4 nitrogen and oxygen atoms in total. The first kappa shape index (κ1) is 18.7. The van der Waals surface area contributed by atoms with Crippen LogP contribution in [0.3, 0.4) is 0 Å². The lowest BCUT2D eigenvalue weighted by Gasteiger charge is -2.09. The summed E-state index contributed by atoms with van der Waals surface area (Å²) >= 11 is 0. The number of carbonyl (C=O) groups excluding carboxylic acids is 1. The number of ketones is 1. The van der Waals surface area contributed by atoms with Crippen LogP contribution in [-0.2, 0) is 11.2 Å². The molecule has 130 valence electrons. The molecule has 0 saturated carbocycles. The van der Waals surface area contributed by atoms with Gasteiger partial charge in [-0.3, -0.25) is 0 Å². The van der Waals surface area contributed by atoms with Crippen LogP contribution in [0.2, 0.25) is 0 Å². The number of carbonyl (C=O) groups is 1. The molecule has 0 aliphatic heterocycles. The molecule has 0 aliphatic rings. The van der Waals surface area contributed by atoms with E-state index in [-0.39, 0.29) is 5.78 Å². The van der Waals surface area contributed by atoms with Crippen LogP contribution in [0.15, 0.2) is 36.7 Å². The summed E-state index contributed by atoms with van der Waals surface area (Å²) in [5.41, 5.74) is 2.91. The zero-order valence-electron chi connectivity index (χ0n) is 15.1. The Morgan fingerprint density at radius 3 is 2.36 bits per heavy atom. The Morgan fingerprint density at radius 2 is 1.76 bits per heavy atom. The van der Waals surface area contributed by atoms with E-state index >= 15 is 0 Å². The third-order valence-corrected chi connectivity index (χ3v) is 3.59. The second kappa shape index (κ2) is 9.58. The average Bonchev–Trinajstić information content (AvgIpc) is 2.59. The highest BCUT2D eigenvalue weighted by Crippen LogP contribution is 2.13. The fraction of sp³-hybridized carbons (Fsp3) is 0.381. The minimum absolute atomic E-state index is 0.239. The van der Waals surface area contributed by atoms with Crippen molar-refractivity contribution in [1.82, 2.24) is 9.97 Å². The first-order valence-corrected chi connectivity index (χ1v) is 8.62. The summed E-state index contributed by atoms with van der Waals surface area (Å²) in [6.07, 6.45) is 5.79. The van der Waals surface area contributed by atoms with Crippen LogP contribution in [0.1, 0.15) is 50.3 Å². The summed E-state index contributed by atoms with van der Waals surface area (Å²) in [6, 6.07) is 8.53. The minimum Gasteiger partial charge on any atom is -0.463 e. The fourth-order valence-corrected chi connectivity index (χ4v) is 2.48. The van der Waals surface area contributed by atoms with E-state index in [9.17, 15) is 4.79 Å². The Kier molecular flexibility index (Phi) is 7.16. The van der Waals surface area contributed by atoms with Gasteiger partial charge >= 0.3 is 6.01 Å². The second-order valence-corrected chi connectivity index (χ2v) is 6.27. The highest BCUT2D eigenvalue weighted by atomic mass is 16.5. The van der Waals surface area contributed by atoms with E-state index in [4.69, 9.17) is 4.74 Å². The van der Waals surface area contributed by atoms with Gasteiger partial charge in [-0.05, 0) is 43.4 Å². The fourth-order valence-electron chi connectivity index (χ4n) is 2.48. The van der Waals surface area contributed by atoms with E-state index in [2.05, 4.69) is 40.9 Å². The Balaban J connectivity index is 1.95. The predicted molar refractivity (Wildman–Crippen MR) is 98.4 cm³/mol. The second-order valence-electron chi connectivity index (χ2n) is 6.27. The van der Waals surface area contributed by atoms with Gasteiger partial charge in [-0.25, -0.2) is 9.97 Å². The summed E-state index contributed by atoms with van der Waals surface area (Å²) in [6.45, 7) is 6.39. The molecule has 4 heteroatoms. The largest absolute Gasteiger partial charge is 0.463 e. The maximum Gasteiger partial charge on any atom is 0.316 e. The topological polar surface area (TPSA) is 52.1 Å². The van der Waals surface area contributed by atoms with Crippen LogP contribution < -0.4 is 4.74 Å². The molecule has 1 unspecified atom stereocenters. The molecule has 0 bridgehead atoms. The Morgan fingerprint density at radius 1 is 1.12 bits per heavy atom. The zero-order chi connectivity index (χ0) is 18.1. The van der Waals surface area contributed by atoms with Gasteiger partial charge in [-0.15, -0.1) is 0 Å².